The minimum absolute atomic E-state index is 0.0945. The lowest BCUT2D eigenvalue weighted by atomic mass is 10.1. The van der Waals surface area contributed by atoms with Gasteiger partial charge in [-0.05, 0) is 36.4 Å². The number of hydrogen-bond acceptors (Lipinski definition) is 7. The van der Waals surface area contributed by atoms with E-state index in [2.05, 4.69) is 5.43 Å². The summed E-state index contributed by atoms with van der Waals surface area (Å²) in [5.41, 5.74) is 2.70. The molecule has 31 heavy (non-hydrogen) atoms. The van der Waals surface area contributed by atoms with Crippen LogP contribution in [0.25, 0.3) is 0 Å². The second-order valence-electron chi connectivity index (χ2n) is 6.69. The predicted octanol–water partition coefficient (Wildman–Crippen LogP) is 2.17. The first-order valence-corrected chi connectivity index (χ1v) is 9.43. The van der Waals surface area contributed by atoms with E-state index in [4.69, 9.17) is 16.3 Å². The molecule has 0 bridgehead atoms. The van der Waals surface area contributed by atoms with E-state index in [1.165, 1.54) is 48.5 Å². The van der Waals surface area contributed by atoms with Gasteiger partial charge in [-0.1, -0.05) is 11.6 Å². The van der Waals surface area contributed by atoms with Gasteiger partial charge >= 0.3 is 5.97 Å². The summed E-state index contributed by atoms with van der Waals surface area (Å²) in [4.78, 5) is 58.7. The number of carbonyl (C=O) groups excluding carboxylic acids is 4. The molecule has 1 aliphatic rings. The van der Waals surface area contributed by atoms with Gasteiger partial charge in [0.1, 0.15) is 0 Å². The Morgan fingerprint density at radius 1 is 1.10 bits per heavy atom. The first-order valence-electron chi connectivity index (χ1n) is 9.06. The number of carbonyl (C=O) groups is 4. The zero-order chi connectivity index (χ0) is 22.5. The van der Waals surface area contributed by atoms with Crippen molar-refractivity contribution in [2.24, 2.45) is 5.92 Å². The molecule has 2 amide bonds. The zero-order valence-electron chi connectivity index (χ0n) is 15.9. The summed E-state index contributed by atoms with van der Waals surface area (Å²) in [5, 5.41) is 12.1. The Labute approximate surface area is 180 Å². The number of ketones is 1. The summed E-state index contributed by atoms with van der Waals surface area (Å²) in [6.07, 6.45) is -0.175. The number of halogens is 1. The van der Waals surface area contributed by atoms with Gasteiger partial charge in [-0.25, -0.2) is 0 Å². The van der Waals surface area contributed by atoms with Crippen molar-refractivity contribution in [3.63, 3.8) is 0 Å². The maximum atomic E-state index is 12.2. The molecule has 1 heterocycles. The molecule has 0 spiro atoms. The maximum Gasteiger partial charge on any atom is 0.311 e. The lowest BCUT2D eigenvalue weighted by Crippen LogP contribution is -2.43. The third kappa shape index (κ3) is 5.43. The molecule has 0 saturated carbocycles. The predicted molar refractivity (Wildman–Crippen MR) is 107 cm³/mol. The molecule has 160 valence electrons. The van der Waals surface area contributed by atoms with Crippen molar-refractivity contribution in [1.29, 1.82) is 0 Å². The van der Waals surface area contributed by atoms with Crippen LogP contribution in [0.5, 0.6) is 0 Å². The fraction of sp³-hybridized carbons (Fsp3) is 0.200. The van der Waals surface area contributed by atoms with E-state index in [9.17, 15) is 29.3 Å². The van der Waals surface area contributed by atoms with Crippen LogP contribution < -0.4 is 5.43 Å². The van der Waals surface area contributed by atoms with Gasteiger partial charge in [0.15, 0.2) is 12.4 Å². The maximum absolute atomic E-state index is 12.2. The van der Waals surface area contributed by atoms with Gasteiger partial charge in [-0.2, -0.15) is 0 Å². The van der Waals surface area contributed by atoms with Crippen molar-refractivity contribution in [2.45, 2.75) is 6.42 Å². The fourth-order valence-electron chi connectivity index (χ4n) is 2.87. The zero-order valence-corrected chi connectivity index (χ0v) is 16.7. The van der Waals surface area contributed by atoms with Gasteiger partial charge in [0.05, 0.1) is 17.4 Å². The Kier molecular flexibility index (Phi) is 6.61. The van der Waals surface area contributed by atoms with E-state index in [0.717, 1.165) is 5.01 Å². The first-order chi connectivity index (χ1) is 14.7. The SMILES string of the molecule is O=C(COC(=O)[C@@H]1CC(=O)N(NC(=O)c2ccc(Cl)cc2)C1)c1ccc([N+](=O)[O-])cc1. The van der Waals surface area contributed by atoms with Crippen LogP contribution in [-0.2, 0) is 14.3 Å². The van der Waals surface area contributed by atoms with Crippen LogP contribution in [0.3, 0.4) is 0 Å². The Morgan fingerprint density at radius 3 is 2.32 bits per heavy atom. The van der Waals surface area contributed by atoms with E-state index < -0.39 is 41.0 Å². The highest BCUT2D eigenvalue weighted by Gasteiger charge is 2.36. The van der Waals surface area contributed by atoms with Crippen LogP contribution in [-0.4, -0.2) is 46.7 Å². The van der Waals surface area contributed by atoms with Gasteiger partial charge in [0, 0.05) is 34.7 Å². The Balaban J connectivity index is 1.51. The third-order valence-electron chi connectivity index (χ3n) is 4.55. The molecule has 2 aromatic rings. The van der Waals surface area contributed by atoms with E-state index in [1.54, 1.807) is 0 Å². The largest absolute Gasteiger partial charge is 0.457 e. The Morgan fingerprint density at radius 2 is 1.71 bits per heavy atom. The van der Waals surface area contributed by atoms with Crippen LogP contribution in [0.2, 0.25) is 5.02 Å². The molecule has 1 aliphatic heterocycles. The number of nitrogens with zero attached hydrogens (tertiary/aromatic N) is 2. The van der Waals surface area contributed by atoms with Crippen molar-refractivity contribution < 1.29 is 28.8 Å². The second kappa shape index (κ2) is 9.35. The highest BCUT2D eigenvalue weighted by Crippen LogP contribution is 2.19. The topological polar surface area (TPSA) is 136 Å². The van der Waals surface area contributed by atoms with Crippen molar-refractivity contribution in [3.05, 3.63) is 74.8 Å². The molecule has 0 unspecified atom stereocenters. The van der Waals surface area contributed by atoms with Gasteiger partial charge < -0.3 is 4.74 Å². The normalized spacial score (nSPS) is 15.5. The molecule has 1 saturated heterocycles. The molecular weight excluding hydrogens is 430 g/mol. The number of benzene rings is 2. The molecule has 1 atom stereocenters. The molecule has 1 N–H and O–H groups in total. The Hall–Kier alpha value is -3.79. The molecule has 11 heteroatoms. The lowest BCUT2D eigenvalue weighted by molar-refractivity contribution is -0.384. The van der Waals surface area contributed by atoms with E-state index in [0.29, 0.717) is 5.02 Å². The first kappa shape index (κ1) is 21.9. The molecule has 1 fully saturated rings. The van der Waals surface area contributed by atoms with Crippen molar-refractivity contribution in [3.8, 4) is 0 Å². The molecule has 10 nitrogen and oxygen atoms in total. The summed E-state index contributed by atoms with van der Waals surface area (Å²) in [6, 6.07) is 10.9. The van der Waals surface area contributed by atoms with Crippen LogP contribution in [0.1, 0.15) is 27.1 Å². The highest BCUT2D eigenvalue weighted by molar-refractivity contribution is 6.30. The summed E-state index contributed by atoms with van der Waals surface area (Å²) >= 11 is 5.78. The number of hydrogen-bond donors (Lipinski definition) is 1. The van der Waals surface area contributed by atoms with Crippen molar-refractivity contribution in [2.75, 3.05) is 13.2 Å². The van der Waals surface area contributed by atoms with Crippen molar-refractivity contribution in [1.82, 2.24) is 10.4 Å². The van der Waals surface area contributed by atoms with Crippen LogP contribution in [0, 0.1) is 16.0 Å². The standard InChI is InChI=1S/C20H16ClN3O7/c21-15-5-1-13(2-6-15)19(27)22-23-10-14(9-18(23)26)20(28)31-11-17(25)12-3-7-16(8-4-12)24(29)30/h1-8,14H,9-11H2,(H,22,27)/t14-/m1/s1. The quantitative estimate of drug-likeness (QED) is 0.298. The molecule has 0 aliphatic carbocycles. The van der Waals surface area contributed by atoms with Gasteiger partial charge in [-0.3, -0.25) is 39.7 Å². The molecule has 3 rings (SSSR count). The number of esters is 1. The van der Waals surface area contributed by atoms with Crippen LogP contribution in [0.4, 0.5) is 5.69 Å². The number of nitro benzene ring substituents is 1. The molecule has 0 aromatic heterocycles. The molecular formula is C20H16ClN3O7. The van der Waals surface area contributed by atoms with Gasteiger partial charge in [0.2, 0.25) is 5.91 Å². The third-order valence-corrected chi connectivity index (χ3v) is 4.80. The summed E-state index contributed by atoms with van der Waals surface area (Å²) in [6.45, 7) is -0.665. The minimum Gasteiger partial charge on any atom is -0.457 e. The minimum atomic E-state index is -0.845. The average Bonchev–Trinajstić information content (AvgIpc) is 3.12. The monoisotopic (exact) mass is 445 g/mol. The summed E-state index contributed by atoms with van der Waals surface area (Å²) in [7, 11) is 0. The van der Waals surface area contributed by atoms with Gasteiger partial charge in [0.25, 0.3) is 11.6 Å². The number of Topliss-reactive ketones (excluding diaryl/α,β-unsaturated/α-hetero) is 1. The smallest absolute Gasteiger partial charge is 0.311 e. The summed E-state index contributed by atoms with van der Waals surface area (Å²) < 4.78 is 4.99. The van der Waals surface area contributed by atoms with Crippen molar-refractivity contribution >= 4 is 40.9 Å². The number of hydrazine groups is 1. The van der Waals surface area contributed by atoms with E-state index in [-0.39, 0.29) is 29.8 Å². The highest BCUT2D eigenvalue weighted by atomic mass is 35.5. The second-order valence-corrected chi connectivity index (χ2v) is 7.12. The molecule has 2 aromatic carbocycles. The average molecular weight is 446 g/mol. The van der Waals surface area contributed by atoms with E-state index >= 15 is 0 Å². The number of nitro groups is 1. The number of ether oxygens (including phenoxy) is 1. The number of nitrogens with one attached hydrogen (secondary N) is 1. The number of rotatable bonds is 7. The number of amides is 2. The van der Waals surface area contributed by atoms with Gasteiger partial charge in [-0.15, -0.1) is 0 Å². The number of non-ortho nitro benzene ring substituents is 1. The lowest BCUT2D eigenvalue weighted by Gasteiger charge is -2.17. The van der Waals surface area contributed by atoms with Crippen LogP contribution >= 0.6 is 11.6 Å². The van der Waals surface area contributed by atoms with E-state index in [1.807, 2.05) is 0 Å². The fourth-order valence-corrected chi connectivity index (χ4v) is 2.99. The Bertz CT molecular complexity index is 1040. The van der Waals surface area contributed by atoms with Crippen LogP contribution in [0.15, 0.2) is 48.5 Å². The molecule has 0 radical (unpaired) electrons. The summed E-state index contributed by atoms with van der Waals surface area (Å²) in [5.74, 6) is -3.15.